The molecule has 10 atom stereocenters. The number of carbonyl (C=O) groups is 8. The van der Waals surface area contributed by atoms with Crippen molar-refractivity contribution in [2.45, 2.75) is 145 Å². The number of rotatable bonds is 18. The van der Waals surface area contributed by atoms with E-state index in [-0.39, 0.29) is 85.4 Å². The Kier molecular flexibility index (Phi) is 17.5. The molecule has 0 aromatic heterocycles. The van der Waals surface area contributed by atoms with Gasteiger partial charge in [0, 0.05) is 60.0 Å². The quantitative estimate of drug-likeness (QED) is 0.0742. The van der Waals surface area contributed by atoms with Gasteiger partial charge < -0.3 is 19.3 Å². The molecule has 2 amide bonds. The van der Waals surface area contributed by atoms with E-state index in [0.717, 1.165) is 38.5 Å². The molecule has 0 N–H and O–H groups in total. The predicted molar refractivity (Wildman–Crippen MR) is 252 cm³/mol. The minimum Gasteiger partial charge on any atom is -0.454 e. The van der Waals surface area contributed by atoms with Crippen LogP contribution in [0.3, 0.4) is 0 Å². The van der Waals surface area contributed by atoms with Crippen molar-refractivity contribution in [3.63, 3.8) is 0 Å². The van der Waals surface area contributed by atoms with Gasteiger partial charge in [0.1, 0.15) is 24.8 Å². The van der Waals surface area contributed by atoms with Crippen LogP contribution in [0.5, 0.6) is 0 Å². The molecular formula is C54H74N2O10. The Hall–Kier alpha value is -5.00. The average molecular weight is 911 g/mol. The molecular weight excluding hydrogens is 837 g/mol. The first kappa shape index (κ1) is 52.0. The van der Waals surface area contributed by atoms with E-state index in [1.165, 1.54) is 12.2 Å². The third kappa shape index (κ3) is 11.2. The molecule has 0 aromatic rings. The number of allylic oxidation sites excluding steroid dienone is 6. The van der Waals surface area contributed by atoms with Crippen molar-refractivity contribution in [3.8, 4) is 0 Å². The molecule has 1 aliphatic heterocycles. The number of ketones is 2. The summed E-state index contributed by atoms with van der Waals surface area (Å²) in [6, 6.07) is 0. The Morgan fingerprint density at radius 2 is 1.02 bits per heavy atom. The molecule has 1 saturated heterocycles. The van der Waals surface area contributed by atoms with Gasteiger partial charge in [-0.05, 0) is 111 Å². The Morgan fingerprint density at radius 3 is 1.33 bits per heavy atom. The number of fused-ring (bicyclic) bond motifs is 2. The topological polar surface area (TPSA) is 162 Å². The molecule has 1 heterocycles. The lowest BCUT2D eigenvalue weighted by atomic mass is 9.56. The standard InChI is InChI=1S/C54H74N2O10/c1-11-13-15-33(3)25-35(5)51(63)65-47-19-17-41(53(9)29-39(37(7)31-57)45(59)27-43(47)53)49(61)55-21-23-56(24-22-55)50(62)42-18-20-48(66-52(64)36(6)26-34(4)16-14-12-2)44-28-46(60)40(38(8)32-58)30-54(42,44)10/h25-28,31-34,39-42,47-48H,7-8,11-24,29-30H2,1-6,9-10H3/b35-25-,36-26-/t33?,34?,39-,40-,41+,42+,47+,48+,53+,54+/m0/s1. The molecule has 2 saturated carbocycles. The molecule has 0 aromatic carbocycles. The van der Waals surface area contributed by atoms with Gasteiger partial charge in [-0.1, -0.05) is 92.5 Å². The highest BCUT2D eigenvalue weighted by atomic mass is 16.5. The van der Waals surface area contributed by atoms with Gasteiger partial charge in [0.25, 0.3) is 0 Å². The molecule has 360 valence electrons. The lowest BCUT2D eigenvalue weighted by Gasteiger charge is -2.51. The smallest absolute Gasteiger partial charge is 0.333 e. The van der Waals surface area contributed by atoms with E-state index in [2.05, 4.69) is 40.9 Å². The summed E-state index contributed by atoms with van der Waals surface area (Å²) in [4.78, 5) is 111. The number of amides is 2. The zero-order chi connectivity index (χ0) is 48.7. The van der Waals surface area contributed by atoms with Gasteiger partial charge in [0.2, 0.25) is 11.8 Å². The van der Waals surface area contributed by atoms with Gasteiger partial charge in [-0.25, -0.2) is 9.59 Å². The van der Waals surface area contributed by atoms with Gasteiger partial charge in [0.05, 0.1) is 11.8 Å². The van der Waals surface area contributed by atoms with Crippen LogP contribution >= 0.6 is 0 Å². The number of hydrogen-bond donors (Lipinski definition) is 0. The maximum atomic E-state index is 14.7. The maximum absolute atomic E-state index is 14.7. The molecule has 12 nitrogen and oxygen atoms in total. The predicted octanol–water partition coefficient (Wildman–Crippen LogP) is 8.40. The number of carbonyl (C=O) groups excluding carboxylic acids is 8. The van der Waals surface area contributed by atoms with E-state index >= 15 is 0 Å². The van der Waals surface area contributed by atoms with Crippen molar-refractivity contribution >= 4 is 47.9 Å². The number of unbranched alkanes of at least 4 members (excludes halogenated alkanes) is 2. The lowest BCUT2D eigenvalue weighted by Crippen LogP contribution is -2.58. The zero-order valence-corrected chi connectivity index (χ0v) is 40.8. The SMILES string of the molecule is C=C(C=O)[C@@H]1C[C@@]2(C)C(=CC1=O)[C@H](OC(=O)/C(C)=C\C(C)CCCC)CC[C@@H]2C(=O)N1CCN(C(=O)[C@H]2CC[C@@H](OC(=O)/C(C)=C\C(C)CCCC)C3=CC(=O)[C@H](C(=C)C=O)C[C@@]32C)CC1. The fourth-order valence-corrected chi connectivity index (χ4v) is 11.4. The van der Waals surface area contributed by atoms with Crippen molar-refractivity contribution in [2.24, 2.45) is 46.3 Å². The van der Waals surface area contributed by atoms with Crippen molar-refractivity contribution in [1.82, 2.24) is 9.80 Å². The van der Waals surface area contributed by atoms with Crippen molar-refractivity contribution < 1.29 is 47.8 Å². The Labute approximate surface area is 392 Å². The van der Waals surface area contributed by atoms with E-state index in [1.807, 2.05) is 26.0 Å². The van der Waals surface area contributed by atoms with Gasteiger partial charge >= 0.3 is 11.9 Å². The van der Waals surface area contributed by atoms with Crippen LogP contribution < -0.4 is 0 Å². The second-order valence-electron chi connectivity index (χ2n) is 20.4. The van der Waals surface area contributed by atoms with Crippen molar-refractivity contribution in [2.75, 3.05) is 26.2 Å². The minimum absolute atomic E-state index is 0.129. The van der Waals surface area contributed by atoms with E-state index < -0.39 is 58.6 Å². The average Bonchev–Trinajstić information content (AvgIpc) is 3.29. The molecule has 12 heteroatoms. The molecule has 4 aliphatic carbocycles. The highest BCUT2D eigenvalue weighted by molar-refractivity contribution is 6.01. The number of hydrogen-bond acceptors (Lipinski definition) is 10. The first-order valence-corrected chi connectivity index (χ1v) is 24.4. The zero-order valence-electron chi connectivity index (χ0n) is 40.8. The molecule has 3 fully saturated rings. The Balaban J connectivity index is 1.33. The summed E-state index contributed by atoms with van der Waals surface area (Å²) in [5.74, 6) is -4.20. The molecule has 2 unspecified atom stereocenters. The molecule has 0 spiro atoms. The summed E-state index contributed by atoms with van der Waals surface area (Å²) in [5.41, 5.74) is 0.561. The van der Waals surface area contributed by atoms with Crippen LogP contribution in [0.25, 0.3) is 0 Å². The van der Waals surface area contributed by atoms with E-state index in [4.69, 9.17) is 9.47 Å². The third-order valence-corrected chi connectivity index (χ3v) is 15.5. The first-order valence-electron chi connectivity index (χ1n) is 24.4. The van der Waals surface area contributed by atoms with Crippen LogP contribution in [0.15, 0.2) is 70.9 Å². The fraction of sp³-hybridized carbons (Fsp3) is 0.630. The highest BCUT2D eigenvalue weighted by Gasteiger charge is 2.56. The molecule has 5 aliphatic rings. The van der Waals surface area contributed by atoms with Crippen LogP contribution in [0.2, 0.25) is 0 Å². The van der Waals surface area contributed by atoms with Crippen LogP contribution in [-0.4, -0.2) is 96.1 Å². The number of piperazine rings is 1. The van der Waals surface area contributed by atoms with Crippen LogP contribution in [0.4, 0.5) is 0 Å². The lowest BCUT2D eigenvalue weighted by molar-refractivity contribution is -0.155. The molecule has 0 bridgehead atoms. The summed E-state index contributed by atoms with van der Waals surface area (Å²) in [7, 11) is 0. The monoisotopic (exact) mass is 911 g/mol. The summed E-state index contributed by atoms with van der Waals surface area (Å²) in [6.45, 7) is 24.4. The third-order valence-electron chi connectivity index (χ3n) is 15.5. The van der Waals surface area contributed by atoms with Gasteiger partial charge in [-0.3, -0.25) is 28.8 Å². The van der Waals surface area contributed by atoms with Crippen molar-refractivity contribution in [3.05, 3.63) is 70.9 Å². The molecule has 5 rings (SSSR count). The summed E-state index contributed by atoms with van der Waals surface area (Å²) < 4.78 is 12.2. The number of ether oxygens (including phenoxy) is 2. The Bertz CT molecular complexity index is 1940. The number of esters is 2. The first-order chi connectivity index (χ1) is 31.2. The summed E-state index contributed by atoms with van der Waals surface area (Å²) in [6.07, 6.45) is 14.4. The van der Waals surface area contributed by atoms with Crippen LogP contribution in [0, 0.1) is 46.3 Å². The van der Waals surface area contributed by atoms with E-state index in [9.17, 15) is 38.4 Å². The highest BCUT2D eigenvalue weighted by Crippen LogP contribution is 2.55. The van der Waals surface area contributed by atoms with E-state index in [1.54, 1.807) is 23.6 Å². The van der Waals surface area contributed by atoms with Gasteiger partial charge in [-0.15, -0.1) is 0 Å². The van der Waals surface area contributed by atoms with Crippen molar-refractivity contribution in [1.29, 1.82) is 0 Å². The molecule has 0 radical (unpaired) electrons. The normalized spacial score (nSPS) is 30.1. The minimum atomic E-state index is -0.925. The summed E-state index contributed by atoms with van der Waals surface area (Å²) >= 11 is 0. The van der Waals surface area contributed by atoms with Gasteiger partial charge in [0.15, 0.2) is 11.6 Å². The largest absolute Gasteiger partial charge is 0.454 e. The molecule has 66 heavy (non-hydrogen) atoms. The summed E-state index contributed by atoms with van der Waals surface area (Å²) in [5, 5.41) is 0. The number of nitrogens with zero attached hydrogens (tertiary/aromatic N) is 2. The van der Waals surface area contributed by atoms with Crippen LogP contribution in [0.1, 0.15) is 132 Å². The second-order valence-corrected chi connectivity index (χ2v) is 20.4. The number of aldehydes is 2. The Morgan fingerprint density at radius 1 is 0.667 bits per heavy atom. The maximum Gasteiger partial charge on any atom is 0.333 e. The van der Waals surface area contributed by atoms with E-state index in [0.29, 0.717) is 60.5 Å². The second kappa shape index (κ2) is 22.2. The fourth-order valence-electron chi connectivity index (χ4n) is 11.4. The van der Waals surface area contributed by atoms with Crippen LogP contribution in [-0.2, 0) is 47.8 Å². The van der Waals surface area contributed by atoms with Gasteiger partial charge in [-0.2, -0.15) is 0 Å².